The van der Waals surface area contributed by atoms with Crippen LogP contribution in [0.15, 0.2) is 67.0 Å². The van der Waals surface area contributed by atoms with Crippen molar-refractivity contribution in [2.24, 2.45) is 0 Å². The summed E-state index contributed by atoms with van der Waals surface area (Å²) in [4.78, 5) is 11.3. The van der Waals surface area contributed by atoms with Crippen LogP contribution in [0.3, 0.4) is 0 Å². The Balaban J connectivity index is 1.86. The SMILES string of the molecule is Clc1ccc(Cl)c(-c2nc(Cc3cc[nH]c3)[nH]c2-c2ccccc2)c1. The molecule has 0 aliphatic heterocycles. The summed E-state index contributed by atoms with van der Waals surface area (Å²) in [6.07, 6.45) is 4.59. The monoisotopic (exact) mass is 367 g/mol. The molecule has 0 amide bonds. The van der Waals surface area contributed by atoms with Crippen LogP contribution in [0.25, 0.3) is 22.5 Å². The maximum absolute atomic E-state index is 6.42. The lowest BCUT2D eigenvalue weighted by Gasteiger charge is -2.05. The maximum atomic E-state index is 6.42. The van der Waals surface area contributed by atoms with Crippen LogP contribution in [-0.2, 0) is 6.42 Å². The van der Waals surface area contributed by atoms with Crippen LogP contribution in [0.2, 0.25) is 10.0 Å². The molecule has 0 saturated heterocycles. The molecule has 0 spiro atoms. The number of hydrogen-bond acceptors (Lipinski definition) is 1. The molecule has 4 aromatic rings. The zero-order chi connectivity index (χ0) is 17.2. The van der Waals surface area contributed by atoms with Crippen molar-refractivity contribution in [3.63, 3.8) is 0 Å². The van der Waals surface area contributed by atoms with Gasteiger partial charge >= 0.3 is 0 Å². The fourth-order valence-corrected chi connectivity index (χ4v) is 3.23. The van der Waals surface area contributed by atoms with Gasteiger partial charge in [0.05, 0.1) is 16.4 Å². The summed E-state index contributed by atoms with van der Waals surface area (Å²) < 4.78 is 0. The fraction of sp³-hybridized carbons (Fsp3) is 0.0500. The first-order valence-electron chi connectivity index (χ1n) is 7.92. The van der Waals surface area contributed by atoms with Gasteiger partial charge in [-0.3, -0.25) is 0 Å². The summed E-state index contributed by atoms with van der Waals surface area (Å²) in [6.45, 7) is 0. The number of imidazole rings is 1. The maximum Gasteiger partial charge on any atom is 0.111 e. The molecule has 0 saturated carbocycles. The molecular formula is C20H15Cl2N3. The molecule has 3 nitrogen and oxygen atoms in total. The normalized spacial score (nSPS) is 11.0. The smallest absolute Gasteiger partial charge is 0.111 e. The lowest BCUT2D eigenvalue weighted by Crippen LogP contribution is -1.88. The number of halogens is 2. The van der Waals surface area contributed by atoms with Gasteiger partial charge in [0.25, 0.3) is 0 Å². The summed E-state index contributed by atoms with van der Waals surface area (Å²) >= 11 is 12.6. The van der Waals surface area contributed by atoms with Gasteiger partial charge in [0.2, 0.25) is 0 Å². The topological polar surface area (TPSA) is 44.5 Å². The van der Waals surface area contributed by atoms with Crippen LogP contribution >= 0.6 is 23.2 Å². The highest BCUT2D eigenvalue weighted by Crippen LogP contribution is 2.36. The molecule has 0 radical (unpaired) electrons. The van der Waals surface area contributed by atoms with Crippen LogP contribution in [0.5, 0.6) is 0 Å². The van der Waals surface area contributed by atoms with E-state index in [2.05, 4.69) is 22.1 Å². The van der Waals surface area contributed by atoms with Gasteiger partial charge in [0.1, 0.15) is 5.82 Å². The third kappa shape index (κ3) is 3.34. The van der Waals surface area contributed by atoms with Crippen LogP contribution in [0.1, 0.15) is 11.4 Å². The van der Waals surface area contributed by atoms with Crippen LogP contribution in [-0.4, -0.2) is 15.0 Å². The number of H-pyrrole nitrogens is 2. The van der Waals surface area contributed by atoms with E-state index in [1.165, 1.54) is 0 Å². The van der Waals surface area contributed by atoms with Crippen molar-refractivity contribution in [3.05, 3.63) is 88.4 Å². The van der Waals surface area contributed by atoms with Crippen LogP contribution in [0, 0.1) is 0 Å². The van der Waals surface area contributed by atoms with Crippen molar-refractivity contribution in [2.75, 3.05) is 0 Å². The largest absolute Gasteiger partial charge is 0.367 e. The Labute approximate surface area is 155 Å². The highest BCUT2D eigenvalue weighted by atomic mass is 35.5. The van der Waals surface area contributed by atoms with E-state index in [-0.39, 0.29) is 0 Å². The van der Waals surface area contributed by atoms with Gasteiger partial charge in [-0.25, -0.2) is 4.98 Å². The van der Waals surface area contributed by atoms with E-state index in [0.29, 0.717) is 16.5 Å². The van der Waals surface area contributed by atoms with Crippen molar-refractivity contribution >= 4 is 23.2 Å². The molecule has 4 rings (SSSR count). The van der Waals surface area contributed by atoms with Crippen molar-refractivity contribution in [3.8, 4) is 22.5 Å². The van der Waals surface area contributed by atoms with Gasteiger partial charge in [-0.1, -0.05) is 53.5 Å². The average molecular weight is 368 g/mol. The van der Waals surface area contributed by atoms with Crippen LogP contribution < -0.4 is 0 Å². The zero-order valence-electron chi connectivity index (χ0n) is 13.3. The Hall–Kier alpha value is -2.49. The van der Waals surface area contributed by atoms with E-state index in [1.807, 2.05) is 42.7 Å². The molecule has 25 heavy (non-hydrogen) atoms. The summed E-state index contributed by atoms with van der Waals surface area (Å²) in [7, 11) is 0. The Bertz CT molecular complexity index is 989. The minimum Gasteiger partial charge on any atom is -0.367 e. The molecule has 2 aromatic heterocycles. The van der Waals surface area contributed by atoms with Crippen molar-refractivity contribution in [2.45, 2.75) is 6.42 Å². The van der Waals surface area contributed by atoms with E-state index < -0.39 is 0 Å². The molecular weight excluding hydrogens is 353 g/mol. The molecule has 0 bridgehead atoms. The van der Waals surface area contributed by atoms with Gasteiger partial charge in [-0.2, -0.15) is 0 Å². The van der Waals surface area contributed by atoms with Gasteiger partial charge < -0.3 is 9.97 Å². The van der Waals surface area contributed by atoms with Gasteiger partial charge in [0, 0.05) is 35.0 Å². The standard InChI is InChI=1S/C20H15Cl2N3/c21-15-6-7-17(22)16(11-15)20-19(14-4-2-1-3-5-14)24-18(25-20)10-13-8-9-23-12-13/h1-9,11-12,23H,10H2,(H,24,25). The summed E-state index contributed by atoms with van der Waals surface area (Å²) in [5, 5.41) is 1.26. The fourth-order valence-electron chi connectivity index (χ4n) is 2.86. The zero-order valence-corrected chi connectivity index (χ0v) is 14.8. The van der Waals surface area contributed by atoms with Gasteiger partial charge in [-0.15, -0.1) is 0 Å². The predicted octanol–water partition coefficient (Wildman–Crippen LogP) is 5.97. The third-order valence-corrected chi connectivity index (χ3v) is 4.60. The minimum absolute atomic E-state index is 0.626. The molecule has 2 N–H and O–H groups in total. The van der Waals surface area contributed by atoms with Crippen molar-refractivity contribution in [1.29, 1.82) is 0 Å². The van der Waals surface area contributed by atoms with E-state index in [9.17, 15) is 0 Å². The first-order valence-corrected chi connectivity index (χ1v) is 8.67. The molecule has 0 unspecified atom stereocenters. The van der Waals surface area contributed by atoms with Gasteiger partial charge in [0.15, 0.2) is 0 Å². The Kier molecular flexibility index (Phi) is 4.35. The molecule has 124 valence electrons. The molecule has 2 aromatic carbocycles. The van der Waals surface area contributed by atoms with Gasteiger partial charge in [-0.05, 0) is 29.8 Å². The van der Waals surface area contributed by atoms with E-state index >= 15 is 0 Å². The number of benzene rings is 2. The summed E-state index contributed by atoms with van der Waals surface area (Å²) in [6, 6.07) is 17.6. The summed E-state index contributed by atoms with van der Waals surface area (Å²) in [5.41, 5.74) is 4.79. The number of nitrogens with zero attached hydrogens (tertiary/aromatic N) is 1. The Morgan fingerprint density at radius 1 is 0.960 bits per heavy atom. The number of nitrogens with one attached hydrogen (secondary N) is 2. The van der Waals surface area contributed by atoms with E-state index in [0.717, 1.165) is 33.9 Å². The molecule has 5 heteroatoms. The molecule has 2 heterocycles. The van der Waals surface area contributed by atoms with E-state index in [4.69, 9.17) is 28.2 Å². The third-order valence-electron chi connectivity index (χ3n) is 4.03. The van der Waals surface area contributed by atoms with Crippen molar-refractivity contribution < 1.29 is 0 Å². The number of aromatic nitrogens is 3. The second kappa shape index (κ2) is 6.79. The molecule has 0 fully saturated rings. The molecule has 0 aliphatic rings. The highest BCUT2D eigenvalue weighted by Gasteiger charge is 2.17. The minimum atomic E-state index is 0.626. The first-order chi connectivity index (χ1) is 12.2. The molecule has 0 atom stereocenters. The second-order valence-electron chi connectivity index (χ2n) is 5.79. The molecule has 0 aliphatic carbocycles. The van der Waals surface area contributed by atoms with Crippen molar-refractivity contribution in [1.82, 2.24) is 15.0 Å². The first kappa shape index (κ1) is 16.0. The second-order valence-corrected chi connectivity index (χ2v) is 6.64. The summed E-state index contributed by atoms with van der Waals surface area (Å²) in [5.74, 6) is 0.879. The van der Waals surface area contributed by atoms with Crippen LogP contribution in [0.4, 0.5) is 0 Å². The number of hydrogen-bond donors (Lipinski definition) is 2. The highest BCUT2D eigenvalue weighted by molar-refractivity contribution is 6.35. The lowest BCUT2D eigenvalue weighted by molar-refractivity contribution is 1.03. The van der Waals surface area contributed by atoms with E-state index in [1.54, 1.807) is 12.1 Å². The quantitative estimate of drug-likeness (QED) is 0.458. The average Bonchev–Trinajstić information content (AvgIpc) is 3.28. The predicted molar refractivity (Wildman–Crippen MR) is 103 cm³/mol. The lowest BCUT2D eigenvalue weighted by atomic mass is 10.1. The Morgan fingerprint density at radius 2 is 1.80 bits per heavy atom. The number of rotatable bonds is 4. The number of aromatic amines is 2. The Morgan fingerprint density at radius 3 is 2.56 bits per heavy atom.